The van der Waals surface area contributed by atoms with E-state index in [0.717, 1.165) is 12.8 Å². The van der Waals surface area contributed by atoms with Crippen LogP contribution in [-0.4, -0.2) is 41.5 Å². The van der Waals surface area contributed by atoms with E-state index < -0.39 is 16.3 Å². The third-order valence-electron chi connectivity index (χ3n) is 2.41. The normalized spacial score (nSPS) is 14.1. The molecular formula is C9H19N5O2S. The van der Waals surface area contributed by atoms with Crippen LogP contribution in [0.15, 0.2) is 6.33 Å². The fourth-order valence-electron chi connectivity index (χ4n) is 1.29. The molecule has 0 saturated heterocycles. The molecule has 0 spiro atoms. The van der Waals surface area contributed by atoms with Gasteiger partial charge in [0.1, 0.15) is 12.2 Å². The molecule has 7 nitrogen and oxygen atoms in total. The first-order valence-corrected chi connectivity index (χ1v) is 7.00. The van der Waals surface area contributed by atoms with Crippen molar-refractivity contribution in [3.8, 4) is 0 Å². The predicted molar refractivity (Wildman–Crippen MR) is 64.4 cm³/mol. The van der Waals surface area contributed by atoms with Crippen molar-refractivity contribution in [2.24, 2.45) is 0 Å². The van der Waals surface area contributed by atoms with Crippen molar-refractivity contribution in [2.45, 2.75) is 32.7 Å². The summed E-state index contributed by atoms with van der Waals surface area (Å²) in [7, 11) is -1.90. The SMILES string of the molecule is CCCCN(C)S(=O)(=O)NC(C)c1ncn[nH]1. The fraction of sp³-hybridized carbons (Fsp3) is 0.778. The van der Waals surface area contributed by atoms with Crippen molar-refractivity contribution in [2.75, 3.05) is 13.6 Å². The lowest BCUT2D eigenvalue weighted by atomic mass is 10.3. The van der Waals surface area contributed by atoms with Crippen LogP contribution in [0.2, 0.25) is 0 Å². The van der Waals surface area contributed by atoms with E-state index in [4.69, 9.17) is 0 Å². The van der Waals surface area contributed by atoms with Crippen molar-refractivity contribution < 1.29 is 8.42 Å². The summed E-state index contributed by atoms with van der Waals surface area (Å²) in [6.07, 6.45) is 3.15. The van der Waals surface area contributed by atoms with Crippen molar-refractivity contribution >= 4 is 10.2 Å². The third kappa shape index (κ3) is 4.06. The van der Waals surface area contributed by atoms with Crippen LogP contribution in [0.3, 0.4) is 0 Å². The standard InChI is InChI=1S/C9H19N5O2S/c1-4-5-6-14(3)17(15,16)13-8(2)9-10-7-11-12-9/h7-8,13H,4-6H2,1-3H3,(H,10,11,12). The molecule has 1 aromatic rings. The van der Waals surface area contributed by atoms with Gasteiger partial charge in [0.05, 0.1) is 6.04 Å². The molecule has 0 aliphatic carbocycles. The maximum absolute atomic E-state index is 11.9. The Morgan fingerprint density at radius 2 is 2.29 bits per heavy atom. The van der Waals surface area contributed by atoms with Gasteiger partial charge in [-0.05, 0) is 13.3 Å². The first-order chi connectivity index (χ1) is 7.97. The molecule has 0 aromatic carbocycles. The van der Waals surface area contributed by atoms with E-state index >= 15 is 0 Å². The molecule has 1 rings (SSSR count). The maximum Gasteiger partial charge on any atom is 0.279 e. The molecule has 1 unspecified atom stereocenters. The van der Waals surface area contributed by atoms with E-state index in [1.165, 1.54) is 10.6 Å². The van der Waals surface area contributed by atoms with Crippen LogP contribution >= 0.6 is 0 Å². The number of unbranched alkanes of at least 4 members (excludes halogenated alkanes) is 1. The molecule has 0 aliphatic rings. The highest BCUT2D eigenvalue weighted by Crippen LogP contribution is 2.08. The minimum Gasteiger partial charge on any atom is -0.262 e. The van der Waals surface area contributed by atoms with Crippen molar-refractivity contribution in [1.82, 2.24) is 24.2 Å². The van der Waals surface area contributed by atoms with Gasteiger partial charge in [0, 0.05) is 13.6 Å². The van der Waals surface area contributed by atoms with Crippen molar-refractivity contribution in [3.63, 3.8) is 0 Å². The van der Waals surface area contributed by atoms with Gasteiger partial charge in [-0.3, -0.25) is 5.10 Å². The Bertz CT molecular complexity index is 417. The first kappa shape index (κ1) is 14.1. The summed E-state index contributed by atoms with van der Waals surface area (Å²) < 4.78 is 27.6. The second-order valence-corrected chi connectivity index (χ2v) is 5.70. The van der Waals surface area contributed by atoms with Crippen LogP contribution in [-0.2, 0) is 10.2 Å². The molecule has 0 radical (unpaired) electrons. The van der Waals surface area contributed by atoms with Gasteiger partial charge in [0.15, 0.2) is 0 Å². The van der Waals surface area contributed by atoms with Gasteiger partial charge in [-0.2, -0.15) is 22.5 Å². The zero-order valence-electron chi connectivity index (χ0n) is 10.3. The molecule has 0 saturated carbocycles. The van der Waals surface area contributed by atoms with E-state index in [0.29, 0.717) is 12.4 Å². The van der Waals surface area contributed by atoms with Crippen LogP contribution in [0.25, 0.3) is 0 Å². The Balaban J connectivity index is 2.60. The molecule has 0 fully saturated rings. The molecule has 0 aliphatic heterocycles. The van der Waals surface area contributed by atoms with Crippen LogP contribution in [0.5, 0.6) is 0 Å². The highest BCUT2D eigenvalue weighted by Gasteiger charge is 2.21. The van der Waals surface area contributed by atoms with Gasteiger partial charge in [0.25, 0.3) is 10.2 Å². The zero-order valence-corrected chi connectivity index (χ0v) is 11.2. The number of hydrogen-bond donors (Lipinski definition) is 2. The van der Waals surface area contributed by atoms with E-state index in [2.05, 4.69) is 19.9 Å². The summed E-state index contributed by atoms with van der Waals surface area (Å²) in [4.78, 5) is 3.91. The van der Waals surface area contributed by atoms with Gasteiger partial charge < -0.3 is 0 Å². The van der Waals surface area contributed by atoms with E-state index in [9.17, 15) is 8.42 Å². The summed E-state index contributed by atoms with van der Waals surface area (Å²) in [6.45, 7) is 4.24. The molecule has 0 bridgehead atoms. The Morgan fingerprint density at radius 3 is 2.82 bits per heavy atom. The van der Waals surface area contributed by atoms with E-state index in [1.54, 1.807) is 14.0 Å². The largest absolute Gasteiger partial charge is 0.279 e. The average molecular weight is 261 g/mol. The Morgan fingerprint density at radius 1 is 1.59 bits per heavy atom. The van der Waals surface area contributed by atoms with Crippen LogP contribution in [0.4, 0.5) is 0 Å². The Labute approximate surface area is 102 Å². The van der Waals surface area contributed by atoms with E-state index in [1.807, 2.05) is 6.92 Å². The topological polar surface area (TPSA) is 91.0 Å². The minimum atomic E-state index is -3.46. The highest BCUT2D eigenvalue weighted by atomic mass is 32.2. The number of aromatic amines is 1. The lowest BCUT2D eigenvalue weighted by Crippen LogP contribution is -2.40. The second kappa shape index (κ2) is 6.08. The predicted octanol–water partition coefficient (Wildman–Crippen LogP) is 0.432. The van der Waals surface area contributed by atoms with E-state index in [-0.39, 0.29) is 0 Å². The van der Waals surface area contributed by atoms with Crippen LogP contribution < -0.4 is 4.72 Å². The lowest BCUT2D eigenvalue weighted by Gasteiger charge is -2.19. The summed E-state index contributed by atoms with van der Waals surface area (Å²) in [5.41, 5.74) is 0. The smallest absolute Gasteiger partial charge is 0.262 e. The zero-order chi connectivity index (χ0) is 12.9. The number of H-pyrrole nitrogens is 1. The highest BCUT2D eigenvalue weighted by molar-refractivity contribution is 7.87. The van der Waals surface area contributed by atoms with Gasteiger partial charge in [0.2, 0.25) is 0 Å². The van der Waals surface area contributed by atoms with Gasteiger partial charge in [-0.25, -0.2) is 4.98 Å². The van der Waals surface area contributed by atoms with Crippen LogP contribution in [0, 0.1) is 0 Å². The molecule has 1 atom stereocenters. The van der Waals surface area contributed by atoms with Crippen molar-refractivity contribution in [1.29, 1.82) is 0 Å². The monoisotopic (exact) mass is 261 g/mol. The van der Waals surface area contributed by atoms with Gasteiger partial charge in [-0.1, -0.05) is 13.3 Å². The molecule has 1 heterocycles. The first-order valence-electron chi connectivity index (χ1n) is 5.56. The second-order valence-electron chi connectivity index (χ2n) is 3.89. The number of aromatic nitrogens is 3. The van der Waals surface area contributed by atoms with Crippen molar-refractivity contribution in [3.05, 3.63) is 12.2 Å². The number of nitrogens with zero attached hydrogens (tertiary/aromatic N) is 3. The maximum atomic E-state index is 11.9. The van der Waals surface area contributed by atoms with Gasteiger partial charge >= 0.3 is 0 Å². The number of nitrogens with one attached hydrogen (secondary N) is 2. The Kier molecular flexibility index (Phi) is 5.03. The number of hydrogen-bond acceptors (Lipinski definition) is 4. The molecule has 8 heteroatoms. The third-order valence-corrected chi connectivity index (χ3v) is 4.06. The fourth-order valence-corrected chi connectivity index (χ4v) is 2.40. The molecule has 2 N–H and O–H groups in total. The van der Waals surface area contributed by atoms with Gasteiger partial charge in [-0.15, -0.1) is 0 Å². The summed E-state index contributed by atoms with van der Waals surface area (Å²) in [5, 5.41) is 6.32. The molecular weight excluding hydrogens is 242 g/mol. The molecule has 1 aromatic heterocycles. The molecule has 0 amide bonds. The average Bonchev–Trinajstić information content (AvgIpc) is 2.78. The van der Waals surface area contributed by atoms with Crippen LogP contribution in [0.1, 0.15) is 38.6 Å². The minimum absolute atomic E-state index is 0.424. The number of rotatable bonds is 7. The summed E-state index contributed by atoms with van der Waals surface area (Å²) >= 11 is 0. The lowest BCUT2D eigenvalue weighted by molar-refractivity contribution is 0.440. The summed E-state index contributed by atoms with van der Waals surface area (Å²) in [6, 6.07) is -0.424. The Hall–Kier alpha value is -0.990. The molecule has 98 valence electrons. The quantitative estimate of drug-likeness (QED) is 0.744. The molecule has 17 heavy (non-hydrogen) atoms. The summed E-state index contributed by atoms with van der Waals surface area (Å²) in [5.74, 6) is 0.498.